The highest BCUT2D eigenvalue weighted by molar-refractivity contribution is 5.97. The van der Waals surface area contributed by atoms with Crippen molar-refractivity contribution in [3.8, 4) is 0 Å². The van der Waals surface area contributed by atoms with Gasteiger partial charge in [-0.1, -0.05) is 6.07 Å². The molecule has 0 fully saturated rings. The molecule has 32 heavy (non-hydrogen) atoms. The Hall–Kier alpha value is -2.16. The molecule has 0 spiro atoms. The van der Waals surface area contributed by atoms with Gasteiger partial charge in [-0.25, -0.2) is 9.59 Å². The van der Waals surface area contributed by atoms with Gasteiger partial charge in [-0.05, 0) is 11.6 Å². The molecule has 0 atom stereocenters. The van der Waals surface area contributed by atoms with Gasteiger partial charge in [0.05, 0.1) is 77.2 Å². The van der Waals surface area contributed by atoms with Crippen molar-refractivity contribution in [2.24, 2.45) is 0 Å². The first-order chi connectivity index (χ1) is 15.5. The number of aliphatic hydroxyl groups is 2. The molecule has 0 aliphatic carbocycles. The van der Waals surface area contributed by atoms with E-state index in [1.165, 1.54) is 12.1 Å². The standard InChI is InChI=1S/C20H30O12/c21-3-5-29-13-31-9-7-27-11-15-1-2-16(19(23)24)17(18(15)20(25)26)12-28-8-10-32-14-30-6-4-22/h1-2,21-22H,3-14H2,(H,23,24)(H,25,26). The number of carboxylic acid groups (broad SMARTS) is 2. The Morgan fingerprint density at radius 2 is 1.16 bits per heavy atom. The first-order valence-electron chi connectivity index (χ1n) is 9.82. The summed E-state index contributed by atoms with van der Waals surface area (Å²) < 4.78 is 30.9. The van der Waals surface area contributed by atoms with Gasteiger partial charge >= 0.3 is 11.9 Å². The van der Waals surface area contributed by atoms with Crippen molar-refractivity contribution in [1.29, 1.82) is 0 Å². The number of benzene rings is 1. The molecular formula is C20H30O12. The maximum Gasteiger partial charge on any atom is 0.336 e. The molecule has 0 amide bonds. The molecule has 182 valence electrons. The Bertz CT molecular complexity index is 679. The topological polar surface area (TPSA) is 170 Å². The van der Waals surface area contributed by atoms with Gasteiger partial charge in [0.2, 0.25) is 0 Å². The zero-order valence-electron chi connectivity index (χ0n) is 17.7. The van der Waals surface area contributed by atoms with E-state index >= 15 is 0 Å². The van der Waals surface area contributed by atoms with Crippen molar-refractivity contribution in [3.63, 3.8) is 0 Å². The molecule has 1 aromatic carbocycles. The first kappa shape index (κ1) is 27.9. The number of carbonyl (C=O) groups is 2. The van der Waals surface area contributed by atoms with Crippen LogP contribution in [-0.2, 0) is 41.6 Å². The lowest BCUT2D eigenvalue weighted by molar-refractivity contribution is -0.0774. The molecule has 0 aliphatic rings. The summed E-state index contributed by atoms with van der Waals surface area (Å²) in [6.45, 7) is 0.288. The van der Waals surface area contributed by atoms with Crippen molar-refractivity contribution < 1.29 is 58.4 Å². The Balaban J connectivity index is 2.65. The molecule has 0 saturated heterocycles. The van der Waals surface area contributed by atoms with Crippen LogP contribution in [0.2, 0.25) is 0 Å². The number of hydrogen-bond donors (Lipinski definition) is 4. The molecule has 0 aromatic heterocycles. The van der Waals surface area contributed by atoms with Gasteiger partial charge in [0.1, 0.15) is 13.6 Å². The van der Waals surface area contributed by atoms with E-state index in [0.717, 1.165) is 0 Å². The van der Waals surface area contributed by atoms with Crippen LogP contribution in [0.15, 0.2) is 12.1 Å². The third kappa shape index (κ3) is 10.9. The van der Waals surface area contributed by atoms with Crippen molar-refractivity contribution in [3.05, 3.63) is 34.4 Å². The number of aromatic carboxylic acids is 2. The van der Waals surface area contributed by atoms with Gasteiger partial charge in [0, 0.05) is 5.56 Å². The third-order valence-corrected chi connectivity index (χ3v) is 3.90. The molecule has 0 unspecified atom stereocenters. The predicted octanol–water partition coefficient (Wildman–Crippen LogP) is 0.0822. The van der Waals surface area contributed by atoms with E-state index < -0.39 is 11.9 Å². The van der Waals surface area contributed by atoms with Crippen molar-refractivity contribution >= 4 is 11.9 Å². The van der Waals surface area contributed by atoms with Crippen LogP contribution < -0.4 is 0 Å². The monoisotopic (exact) mass is 462 g/mol. The van der Waals surface area contributed by atoms with Crippen molar-refractivity contribution in [2.45, 2.75) is 13.2 Å². The van der Waals surface area contributed by atoms with Crippen molar-refractivity contribution in [2.75, 3.05) is 66.4 Å². The summed E-state index contributed by atoms with van der Waals surface area (Å²) in [4.78, 5) is 23.4. The highest BCUT2D eigenvalue weighted by Crippen LogP contribution is 2.22. The van der Waals surface area contributed by atoms with Crippen LogP contribution in [0.3, 0.4) is 0 Å². The van der Waals surface area contributed by atoms with E-state index in [4.69, 9.17) is 38.6 Å². The van der Waals surface area contributed by atoms with E-state index in [1.54, 1.807) is 0 Å². The second kappa shape index (κ2) is 17.4. The van der Waals surface area contributed by atoms with Crippen LogP contribution in [0.4, 0.5) is 0 Å². The van der Waals surface area contributed by atoms with E-state index in [0.29, 0.717) is 5.56 Å². The maximum absolute atomic E-state index is 11.9. The van der Waals surface area contributed by atoms with Gasteiger partial charge in [0.15, 0.2) is 0 Å². The molecule has 12 heteroatoms. The summed E-state index contributed by atoms with van der Waals surface area (Å²) in [6, 6.07) is 2.70. The minimum absolute atomic E-state index is 0.00361. The lowest BCUT2D eigenvalue weighted by Gasteiger charge is -2.15. The van der Waals surface area contributed by atoms with Gasteiger partial charge in [-0.2, -0.15) is 0 Å². The second-order valence-electron chi connectivity index (χ2n) is 6.16. The lowest BCUT2D eigenvalue weighted by atomic mass is 9.96. The van der Waals surface area contributed by atoms with E-state index in [9.17, 15) is 19.8 Å². The minimum atomic E-state index is -1.30. The van der Waals surface area contributed by atoms with Gasteiger partial charge < -0.3 is 48.8 Å². The van der Waals surface area contributed by atoms with E-state index in [2.05, 4.69) is 0 Å². The van der Waals surface area contributed by atoms with Gasteiger partial charge in [-0.3, -0.25) is 0 Å². The Labute approximate surface area is 185 Å². The fourth-order valence-corrected chi connectivity index (χ4v) is 2.51. The summed E-state index contributed by atoms with van der Waals surface area (Å²) in [5, 5.41) is 36.3. The molecule has 0 heterocycles. The fourth-order valence-electron chi connectivity index (χ4n) is 2.51. The van der Waals surface area contributed by atoms with Crippen LogP contribution in [0.25, 0.3) is 0 Å². The molecule has 0 radical (unpaired) electrons. The van der Waals surface area contributed by atoms with Gasteiger partial charge in [-0.15, -0.1) is 0 Å². The van der Waals surface area contributed by atoms with Crippen LogP contribution in [0, 0.1) is 0 Å². The third-order valence-electron chi connectivity index (χ3n) is 3.90. The molecule has 0 aliphatic heterocycles. The summed E-state index contributed by atoms with van der Waals surface area (Å²) in [7, 11) is 0. The van der Waals surface area contributed by atoms with Gasteiger partial charge in [0.25, 0.3) is 0 Å². The van der Waals surface area contributed by atoms with E-state index in [-0.39, 0.29) is 96.3 Å². The van der Waals surface area contributed by atoms with Crippen LogP contribution in [0.1, 0.15) is 31.8 Å². The van der Waals surface area contributed by atoms with E-state index in [1.807, 2.05) is 0 Å². The maximum atomic E-state index is 11.9. The molecule has 0 saturated carbocycles. The summed E-state index contributed by atoms with van der Waals surface area (Å²) in [6.07, 6.45) is 0. The Morgan fingerprint density at radius 3 is 1.66 bits per heavy atom. The SMILES string of the molecule is O=C(O)c1ccc(COCCOCOCCO)c(C(=O)O)c1COCCOCOCCO. The molecular weight excluding hydrogens is 432 g/mol. The smallest absolute Gasteiger partial charge is 0.336 e. The summed E-state index contributed by atoms with van der Waals surface area (Å²) in [5.74, 6) is -2.57. The molecule has 1 rings (SSSR count). The number of ether oxygens (including phenoxy) is 6. The summed E-state index contributed by atoms with van der Waals surface area (Å²) >= 11 is 0. The Kier molecular flexibility index (Phi) is 15.2. The summed E-state index contributed by atoms with van der Waals surface area (Å²) in [5.41, 5.74) is -0.0467. The average molecular weight is 462 g/mol. The second-order valence-corrected chi connectivity index (χ2v) is 6.16. The quantitative estimate of drug-likeness (QED) is 0.152. The lowest BCUT2D eigenvalue weighted by Crippen LogP contribution is -2.16. The highest BCUT2D eigenvalue weighted by atomic mass is 16.7. The number of rotatable bonds is 20. The highest BCUT2D eigenvalue weighted by Gasteiger charge is 2.22. The number of carboxylic acids is 2. The minimum Gasteiger partial charge on any atom is -0.478 e. The van der Waals surface area contributed by atoms with Crippen molar-refractivity contribution in [1.82, 2.24) is 0 Å². The van der Waals surface area contributed by atoms with Crippen LogP contribution in [-0.4, -0.2) is 98.8 Å². The predicted molar refractivity (Wildman–Crippen MR) is 107 cm³/mol. The fraction of sp³-hybridized carbons (Fsp3) is 0.600. The first-order valence-corrected chi connectivity index (χ1v) is 9.82. The molecule has 1 aromatic rings. The Morgan fingerprint density at radius 1 is 0.656 bits per heavy atom. The zero-order valence-corrected chi connectivity index (χ0v) is 17.7. The molecule has 4 N–H and O–H groups in total. The average Bonchev–Trinajstić information content (AvgIpc) is 2.76. The van der Waals surface area contributed by atoms with Crippen LogP contribution in [0.5, 0.6) is 0 Å². The number of hydrogen-bond acceptors (Lipinski definition) is 10. The largest absolute Gasteiger partial charge is 0.478 e. The number of aliphatic hydroxyl groups excluding tert-OH is 2. The van der Waals surface area contributed by atoms with Crippen LogP contribution >= 0.6 is 0 Å². The molecule has 12 nitrogen and oxygen atoms in total. The normalized spacial score (nSPS) is 11.1. The molecule has 0 bridgehead atoms. The zero-order chi connectivity index (χ0) is 23.6.